The molecular formula is C19H24N2O5. The highest BCUT2D eigenvalue weighted by Crippen LogP contribution is 2.19. The Balaban J connectivity index is 1.67. The molecule has 1 aliphatic rings. The van der Waals surface area contributed by atoms with Crippen molar-refractivity contribution < 1.29 is 23.8 Å². The number of benzene rings is 1. The predicted molar refractivity (Wildman–Crippen MR) is 94.1 cm³/mol. The molecule has 2 aromatic rings. The Kier molecular flexibility index (Phi) is 5.90. The molecule has 0 aliphatic carbocycles. The lowest BCUT2D eigenvalue weighted by Gasteiger charge is -2.32. The summed E-state index contributed by atoms with van der Waals surface area (Å²) in [6, 6.07) is 7.01. The van der Waals surface area contributed by atoms with E-state index in [4.69, 9.17) is 19.0 Å². The molecule has 140 valence electrons. The van der Waals surface area contributed by atoms with E-state index in [1.54, 1.807) is 31.2 Å². The van der Waals surface area contributed by atoms with Gasteiger partial charge in [-0.15, -0.1) is 0 Å². The summed E-state index contributed by atoms with van der Waals surface area (Å²) < 4.78 is 17.0. The van der Waals surface area contributed by atoms with Crippen molar-refractivity contribution in [3.63, 3.8) is 0 Å². The molecular weight excluding hydrogens is 336 g/mol. The fourth-order valence-electron chi connectivity index (χ4n) is 2.89. The standard InChI is InChI=1S/C19H24N2O5/c1-3-17-20-12(2)18(26-17)19(23)21-15-8-9-24-11-16(15)25-14-6-4-13(10-22)5-7-14/h4-7,15-16,22H,3,8-11H2,1-2H3,(H,21,23)/t15-,16-/m1/s1. The second kappa shape index (κ2) is 8.33. The first-order valence-corrected chi connectivity index (χ1v) is 8.82. The van der Waals surface area contributed by atoms with Crippen molar-refractivity contribution in [3.8, 4) is 5.75 Å². The first kappa shape index (κ1) is 18.4. The third-order valence-corrected chi connectivity index (χ3v) is 4.36. The average Bonchev–Trinajstić information content (AvgIpc) is 3.05. The van der Waals surface area contributed by atoms with Crippen molar-refractivity contribution in [2.75, 3.05) is 13.2 Å². The van der Waals surface area contributed by atoms with Gasteiger partial charge in [-0.2, -0.15) is 0 Å². The van der Waals surface area contributed by atoms with Crippen molar-refractivity contribution in [1.29, 1.82) is 0 Å². The summed E-state index contributed by atoms with van der Waals surface area (Å²) in [6.45, 7) is 4.63. The number of nitrogens with zero attached hydrogens (tertiary/aromatic N) is 1. The van der Waals surface area contributed by atoms with Crippen LogP contribution in [-0.2, 0) is 17.8 Å². The maximum atomic E-state index is 12.6. The van der Waals surface area contributed by atoms with Gasteiger partial charge in [-0.05, 0) is 31.0 Å². The van der Waals surface area contributed by atoms with E-state index in [1.807, 2.05) is 6.92 Å². The molecule has 1 aliphatic heterocycles. The van der Waals surface area contributed by atoms with Crippen LogP contribution in [0, 0.1) is 6.92 Å². The summed E-state index contributed by atoms with van der Waals surface area (Å²) in [5.74, 6) is 1.18. The van der Waals surface area contributed by atoms with E-state index >= 15 is 0 Å². The molecule has 0 saturated carbocycles. The van der Waals surface area contributed by atoms with E-state index in [9.17, 15) is 4.79 Å². The molecule has 1 aromatic heterocycles. The number of carbonyl (C=O) groups excluding carboxylic acids is 1. The van der Waals surface area contributed by atoms with Gasteiger partial charge in [0, 0.05) is 13.0 Å². The summed E-state index contributed by atoms with van der Waals surface area (Å²) in [5, 5.41) is 12.1. The van der Waals surface area contributed by atoms with E-state index in [0.717, 1.165) is 5.56 Å². The minimum Gasteiger partial charge on any atom is -0.486 e. The van der Waals surface area contributed by atoms with Crippen molar-refractivity contribution >= 4 is 5.91 Å². The Morgan fingerprint density at radius 1 is 1.38 bits per heavy atom. The topological polar surface area (TPSA) is 93.8 Å². The molecule has 1 saturated heterocycles. The van der Waals surface area contributed by atoms with Crippen LogP contribution in [0.25, 0.3) is 0 Å². The molecule has 2 N–H and O–H groups in total. The van der Waals surface area contributed by atoms with Crippen LogP contribution in [0.1, 0.15) is 41.0 Å². The number of rotatable bonds is 6. The highest BCUT2D eigenvalue weighted by molar-refractivity contribution is 5.92. The Morgan fingerprint density at radius 2 is 2.15 bits per heavy atom. The van der Waals surface area contributed by atoms with Crippen LogP contribution >= 0.6 is 0 Å². The largest absolute Gasteiger partial charge is 0.486 e. The summed E-state index contributed by atoms with van der Waals surface area (Å²) in [7, 11) is 0. The molecule has 1 fully saturated rings. The Bertz CT molecular complexity index is 741. The molecule has 1 aromatic carbocycles. The van der Waals surface area contributed by atoms with Gasteiger partial charge in [-0.3, -0.25) is 4.79 Å². The number of aryl methyl sites for hydroxylation is 2. The number of aromatic nitrogens is 1. The number of hydrogen-bond donors (Lipinski definition) is 2. The highest BCUT2D eigenvalue weighted by atomic mass is 16.5. The van der Waals surface area contributed by atoms with Crippen molar-refractivity contribution in [1.82, 2.24) is 10.3 Å². The average molecular weight is 360 g/mol. The van der Waals surface area contributed by atoms with Gasteiger partial charge in [-0.25, -0.2) is 4.98 Å². The normalized spacial score (nSPS) is 20.0. The molecule has 2 heterocycles. The summed E-state index contributed by atoms with van der Waals surface area (Å²) >= 11 is 0. The zero-order valence-electron chi connectivity index (χ0n) is 15.0. The van der Waals surface area contributed by atoms with Crippen molar-refractivity contribution in [2.45, 2.75) is 45.4 Å². The van der Waals surface area contributed by atoms with Crippen LogP contribution in [0.4, 0.5) is 0 Å². The fraction of sp³-hybridized carbons (Fsp3) is 0.474. The van der Waals surface area contributed by atoms with E-state index in [0.29, 0.717) is 43.4 Å². The third kappa shape index (κ3) is 4.23. The minimum absolute atomic E-state index is 0.0121. The quantitative estimate of drug-likeness (QED) is 0.818. The molecule has 0 radical (unpaired) electrons. The zero-order chi connectivity index (χ0) is 18.5. The number of hydrogen-bond acceptors (Lipinski definition) is 6. The van der Waals surface area contributed by atoms with Gasteiger partial charge in [0.25, 0.3) is 5.91 Å². The molecule has 26 heavy (non-hydrogen) atoms. The smallest absolute Gasteiger partial charge is 0.289 e. The van der Waals surface area contributed by atoms with Gasteiger partial charge in [0.15, 0.2) is 5.89 Å². The zero-order valence-corrected chi connectivity index (χ0v) is 15.0. The second-order valence-electron chi connectivity index (χ2n) is 6.28. The number of amides is 1. The van der Waals surface area contributed by atoms with Crippen LogP contribution in [0.5, 0.6) is 5.75 Å². The number of aliphatic hydroxyl groups excluding tert-OH is 1. The number of nitrogens with one attached hydrogen (secondary N) is 1. The number of ether oxygens (including phenoxy) is 2. The monoisotopic (exact) mass is 360 g/mol. The predicted octanol–water partition coefficient (Wildman–Crippen LogP) is 2.00. The SMILES string of the molecule is CCc1nc(C)c(C(=O)N[C@@H]2CCOC[C@H]2Oc2ccc(CO)cc2)o1. The van der Waals surface area contributed by atoms with E-state index in [2.05, 4.69) is 10.3 Å². The van der Waals surface area contributed by atoms with Gasteiger partial charge in [0.05, 0.1) is 24.9 Å². The highest BCUT2D eigenvalue weighted by Gasteiger charge is 2.30. The lowest BCUT2D eigenvalue weighted by Crippen LogP contribution is -2.51. The number of aliphatic hydroxyl groups is 1. The molecule has 0 unspecified atom stereocenters. The lowest BCUT2D eigenvalue weighted by molar-refractivity contribution is -0.0137. The minimum atomic E-state index is -0.304. The van der Waals surface area contributed by atoms with Crippen molar-refractivity contribution in [2.24, 2.45) is 0 Å². The van der Waals surface area contributed by atoms with Crippen molar-refractivity contribution in [3.05, 3.63) is 47.2 Å². The van der Waals surface area contributed by atoms with Gasteiger partial charge in [0.1, 0.15) is 11.9 Å². The Labute approximate surface area is 152 Å². The van der Waals surface area contributed by atoms with E-state index in [1.165, 1.54) is 0 Å². The first-order chi connectivity index (χ1) is 12.6. The Morgan fingerprint density at radius 3 is 2.81 bits per heavy atom. The second-order valence-corrected chi connectivity index (χ2v) is 6.28. The summed E-state index contributed by atoms with van der Waals surface area (Å²) in [5.41, 5.74) is 1.40. The van der Waals surface area contributed by atoms with Gasteiger partial charge in [-0.1, -0.05) is 19.1 Å². The van der Waals surface area contributed by atoms with Gasteiger partial charge in [0.2, 0.25) is 5.76 Å². The van der Waals surface area contributed by atoms with E-state index < -0.39 is 0 Å². The summed E-state index contributed by atoms with van der Waals surface area (Å²) in [4.78, 5) is 16.8. The molecule has 7 nitrogen and oxygen atoms in total. The molecule has 3 rings (SSSR count). The van der Waals surface area contributed by atoms with Crippen LogP contribution in [0.15, 0.2) is 28.7 Å². The van der Waals surface area contributed by atoms with Crippen LogP contribution in [0.2, 0.25) is 0 Å². The molecule has 1 amide bonds. The molecule has 2 atom stereocenters. The molecule has 0 spiro atoms. The van der Waals surface area contributed by atoms with Gasteiger partial charge < -0.3 is 24.3 Å². The number of carbonyl (C=O) groups is 1. The van der Waals surface area contributed by atoms with E-state index in [-0.39, 0.29) is 30.4 Å². The van der Waals surface area contributed by atoms with Crippen LogP contribution in [0.3, 0.4) is 0 Å². The van der Waals surface area contributed by atoms with Gasteiger partial charge >= 0.3 is 0 Å². The lowest BCUT2D eigenvalue weighted by atomic mass is 10.1. The maximum Gasteiger partial charge on any atom is 0.289 e. The third-order valence-electron chi connectivity index (χ3n) is 4.36. The first-order valence-electron chi connectivity index (χ1n) is 8.82. The maximum absolute atomic E-state index is 12.6. The Hall–Kier alpha value is -2.38. The summed E-state index contributed by atoms with van der Waals surface area (Å²) in [6.07, 6.45) is 0.987. The van der Waals surface area contributed by atoms with Crippen LogP contribution < -0.4 is 10.1 Å². The molecule has 0 bridgehead atoms. The molecule has 7 heteroatoms. The number of oxazole rings is 1. The van der Waals surface area contributed by atoms with Crippen LogP contribution in [-0.4, -0.2) is 41.4 Å². The fourth-order valence-corrected chi connectivity index (χ4v) is 2.89.